The Balaban J connectivity index is 2.02. The zero-order chi connectivity index (χ0) is 17.0. The molecule has 5 nitrogen and oxygen atoms in total. The summed E-state index contributed by atoms with van der Waals surface area (Å²) in [6.45, 7) is 5.91. The molecule has 2 aromatic heterocycles. The van der Waals surface area contributed by atoms with Crippen molar-refractivity contribution in [3.05, 3.63) is 41.1 Å². The molecule has 0 fully saturated rings. The van der Waals surface area contributed by atoms with Gasteiger partial charge in [-0.3, -0.25) is 4.79 Å². The molecule has 0 spiro atoms. The molecule has 6 heteroatoms. The summed E-state index contributed by atoms with van der Waals surface area (Å²) in [7, 11) is 1.81. The number of carbonyl (C=O) groups excluding carboxylic acids is 1. The van der Waals surface area contributed by atoms with Crippen LogP contribution < -0.4 is 0 Å². The standard InChI is InChI=1S/C17H23N3O2S/c1-11-14(12(2)19-17(18-11)23-5)8-9-16(21)20(4)13(3)15-7-6-10-22-15/h6-7,10,13H,8-9H2,1-5H3. The summed E-state index contributed by atoms with van der Waals surface area (Å²) in [6, 6.07) is 3.65. The highest BCUT2D eigenvalue weighted by atomic mass is 32.2. The van der Waals surface area contributed by atoms with Gasteiger partial charge in [-0.2, -0.15) is 0 Å². The molecule has 124 valence electrons. The number of carbonyl (C=O) groups is 1. The minimum absolute atomic E-state index is 0.0742. The molecule has 0 aliphatic carbocycles. The lowest BCUT2D eigenvalue weighted by atomic mass is 10.1. The predicted molar refractivity (Wildman–Crippen MR) is 91.5 cm³/mol. The first-order valence-corrected chi connectivity index (χ1v) is 8.83. The topological polar surface area (TPSA) is 59.2 Å². The molecular weight excluding hydrogens is 310 g/mol. The van der Waals surface area contributed by atoms with Gasteiger partial charge in [0.2, 0.25) is 5.91 Å². The minimum Gasteiger partial charge on any atom is -0.467 e. The Kier molecular flexibility index (Phi) is 5.82. The second-order valence-electron chi connectivity index (χ2n) is 5.56. The van der Waals surface area contributed by atoms with Crippen LogP contribution in [0.1, 0.15) is 42.1 Å². The third kappa shape index (κ3) is 4.13. The largest absolute Gasteiger partial charge is 0.467 e. The quantitative estimate of drug-likeness (QED) is 0.597. The molecule has 0 aromatic carbocycles. The lowest BCUT2D eigenvalue weighted by molar-refractivity contribution is -0.132. The van der Waals surface area contributed by atoms with Gasteiger partial charge in [-0.1, -0.05) is 11.8 Å². The van der Waals surface area contributed by atoms with E-state index in [4.69, 9.17) is 4.42 Å². The van der Waals surface area contributed by atoms with Gasteiger partial charge in [0.1, 0.15) is 5.76 Å². The monoisotopic (exact) mass is 333 g/mol. The Morgan fingerprint density at radius 2 is 2.00 bits per heavy atom. The summed E-state index contributed by atoms with van der Waals surface area (Å²) in [5, 5.41) is 0.777. The molecule has 0 saturated carbocycles. The number of hydrogen-bond acceptors (Lipinski definition) is 5. The summed E-state index contributed by atoms with van der Waals surface area (Å²) in [6.07, 6.45) is 4.68. The Bertz CT molecular complexity index is 647. The average Bonchev–Trinajstić information content (AvgIpc) is 3.06. The van der Waals surface area contributed by atoms with E-state index in [1.54, 1.807) is 11.2 Å². The Morgan fingerprint density at radius 1 is 1.35 bits per heavy atom. The fourth-order valence-electron chi connectivity index (χ4n) is 2.51. The van der Waals surface area contributed by atoms with E-state index in [0.29, 0.717) is 12.8 Å². The Morgan fingerprint density at radius 3 is 2.52 bits per heavy atom. The summed E-state index contributed by atoms with van der Waals surface area (Å²) in [5.74, 6) is 0.877. The number of amides is 1. The smallest absolute Gasteiger partial charge is 0.223 e. The Hall–Kier alpha value is -1.82. The molecular formula is C17H23N3O2S. The van der Waals surface area contributed by atoms with Crippen LogP contribution in [0.15, 0.2) is 28.0 Å². The van der Waals surface area contributed by atoms with Crippen molar-refractivity contribution in [3.8, 4) is 0 Å². The zero-order valence-electron chi connectivity index (χ0n) is 14.3. The maximum Gasteiger partial charge on any atom is 0.223 e. The molecule has 0 bridgehead atoms. The van der Waals surface area contributed by atoms with Gasteiger partial charge in [0.25, 0.3) is 0 Å². The van der Waals surface area contributed by atoms with Crippen LogP contribution in [0.4, 0.5) is 0 Å². The van der Waals surface area contributed by atoms with Crippen LogP contribution >= 0.6 is 11.8 Å². The molecule has 2 aromatic rings. The molecule has 2 rings (SSSR count). The summed E-state index contributed by atoms with van der Waals surface area (Å²) >= 11 is 1.53. The van der Waals surface area contributed by atoms with Crippen LogP contribution in [0.25, 0.3) is 0 Å². The highest BCUT2D eigenvalue weighted by Crippen LogP contribution is 2.21. The van der Waals surface area contributed by atoms with Gasteiger partial charge in [-0.05, 0) is 51.1 Å². The molecule has 0 aliphatic rings. The van der Waals surface area contributed by atoms with Gasteiger partial charge >= 0.3 is 0 Å². The van der Waals surface area contributed by atoms with Gasteiger partial charge in [-0.25, -0.2) is 9.97 Å². The van der Waals surface area contributed by atoms with E-state index in [0.717, 1.165) is 27.9 Å². The first-order chi connectivity index (χ1) is 10.9. The van der Waals surface area contributed by atoms with E-state index < -0.39 is 0 Å². The predicted octanol–water partition coefficient (Wildman–Crippen LogP) is 3.56. The second-order valence-corrected chi connectivity index (χ2v) is 6.33. The van der Waals surface area contributed by atoms with Crippen LogP contribution in [-0.2, 0) is 11.2 Å². The average molecular weight is 333 g/mol. The third-order valence-electron chi connectivity index (χ3n) is 4.10. The van der Waals surface area contributed by atoms with Crippen molar-refractivity contribution in [2.45, 2.75) is 44.8 Å². The maximum absolute atomic E-state index is 12.4. The minimum atomic E-state index is -0.0742. The molecule has 1 amide bonds. The van der Waals surface area contributed by atoms with Crippen LogP contribution in [-0.4, -0.2) is 34.1 Å². The van der Waals surface area contributed by atoms with Crippen molar-refractivity contribution in [1.82, 2.24) is 14.9 Å². The lowest BCUT2D eigenvalue weighted by Gasteiger charge is -2.23. The number of aryl methyl sites for hydroxylation is 2. The third-order valence-corrected chi connectivity index (χ3v) is 4.65. The SMILES string of the molecule is CSc1nc(C)c(CCC(=O)N(C)C(C)c2ccco2)c(C)n1. The second kappa shape index (κ2) is 7.64. The van der Waals surface area contributed by atoms with Crippen LogP contribution in [0.3, 0.4) is 0 Å². The molecule has 0 saturated heterocycles. The van der Waals surface area contributed by atoms with Gasteiger partial charge in [0.15, 0.2) is 5.16 Å². The number of furan rings is 1. The first kappa shape index (κ1) is 17.5. The van der Waals surface area contributed by atoms with E-state index in [-0.39, 0.29) is 11.9 Å². The van der Waals surface area contributed by atoms with Gasteiger partial charge < -0.3 is 9.32 Å². The van der Waals surface area contributed by atoms with Crippen molar-refractivity contribution in [3.63, 3.8) is 0 Å². The van der Waals surface area contributed by atoms with Gasteiger partial charge in [0.05, 0.1) is 12.3 Å². The summed E-state index contributed by atoms with van der Waals surface area (Å²) < 4.78 is 5.38. The van der Waals surface area contributed by atoms with E-state index in [2.05, 4.69) is 9.97 Å². The molecule has 0 N–H and O–H groups in total. The lowest BCUT2D eigenvalue weighted by Crippen LogP contribution is -2.29. The molecule has 0 aliphatic heterocycles. The highest BCUT2D eigenvalue weighted by Gasteiger charge is 2.20. The number of nitrogens with zero attached hydrogens (tertiary/aromatic N) is 3. The molecule has 1 unspecified atom stereocenters. The summed E-state index contributed by atoms with van der Waals surface area (Å²) in [4.78, 5) is 23.1. The Labute approximate surface area is 141 Å². The normalized spacial score (nSPS) is 12.2. The number of rotatable bonds is 6. The van der Waals surface area contributed by atoms with Gasteiger partial charge in [-0.15, -0.1) is 0 Å². The molecule has 0 radical (unpaired) electrons. The maximum atomic E-state index is 12.4. The van der Waals surface area contributed by atoms with Crippen LogP contribution in [0.2, 0.25) is 0 Å². The summed E-state index contributed by atoms with van der Waals surface area (Å²) in [5.41, 5.74) is 2.97. The van der Waals surface area contributed by atoms with Gasteiger partial charge in [0, 0.05) is 24.9 Å². The number of thioether (sulfide) groups is 1. The fourth-order valence-corrected chi connectivity index (χ4v) is 2.96. The molecule has 2 heterocycles. The van der Waals surface area contributed by atoms with E-state index in [1.165, 1.54) is 11.8 Å². The van der Waals surface area contributed by atoms with E-state index in [9.17, 15) is 4.79 Å². The van der Waals surface area contributed by atoms with Crippen molar-refractivity contribution in [1.29, 1.82) is 0 Å². The van der Waals surface area contributed by atoms with Crippen molar-refractivity contribution >= 4 is 17.7 Å². The number of aromatic nitrogens is 2. The first-order valence-electron chi connectivity index (χ1n) is 7.61. The molecule has 1 atom stereocenters. The van der Waals surface area contributed by atoms with Crippen molar-refractivity contribution in [2.75, 3.05) is 13.3 Å². The highest BCUT2D eigenvalue weighted by molar-refractivity contribution is 7.98. The van der Waals surface area contributed by atoms with E-state index >= 15 is 0 Å². The fraction of sp³-hybridized carbons (Fsp3) is 0.471. The van der Waals surface area contributed by atoms with E-state index in [1.807, 2.05) is 46.2 Å². The van der Waals surface area contributed by atoms with Crippen LogP contribution in [0.5, 0.6) is 0 Å². The molecule has 23 heavy (non-hydrogen) atoms. The van der Waals surface area contributed by atoms with Crippen molar-refractivity contribution < 1.29 is 9.21 Å². The number of hydrogen-bond donors (Lipinski definition) is 0. The van der Waals surface area contributed by atoms with Crippen LogP contribution in [0, 0.1) is 13.8 Å². The zero-order valence-corrected chi connectivity index (χ0v) is 15.1. The van der Waals surface area contributed by atoms with Crippen molar-refractivity contribution in [2.24, 2.45) is 0 Å².